The monoisotopic (exact) mass is 289 g/mol. The van der Waals surface area contributed by atoms with Crippen molar-refractivity contribution < 1.29 is 19.1 Å². The van der Waals surface area contributed by atoms with Crippen LogP contribution in [0.3, 0.4) is 0 Å². The van der Waals surface area contributed by atoms with E-state index < -0.39 is 11.2 Å². The SMILES string of the molecule is CC1(C)CC(=O)N(Cc2ccc(C#CCO)cc2F)C1=O. The number of aliphatic hydroxyl groups is 1. The molecule has 0 radical (unpaired) electrons. The molecule has 0 spiro atoms. The van der Waals surface area contributed by atoms with Gasteiger partial charge in [-0.25, -0.2) is 4.39 Å². The average molecular weight is 289 g/mol. The van der Waals surface area contributed by atoms with Crippen LogP contribution in [0.4, 0.5) is 4.39 Å². The van der Waals surface area contributed by atoms with Gasteiger partial charge in [-0.1, -0.05) is 31.8 Å². The van der Waals surface area contributed by atoms with Crippen LogP contribution >= 0.6 is 0 Å². The highest BCUT2D eigenvalue weighted by atomic mass is 19.1. The minimum atomic E-state index is -0.722. The Morgan fingerprint density at radius 3 is 2.62 bits per heavy atom. The van der Waals surface area contributed by atoms with Crippen LogP contribution in [0.2, 0.25) is 0 Å². The first-order valence-electron chi connectivity index (χ1n) is 6.58. The number of halogens is 1. The fourth-order valence-corrected chi connectivity index (χ4v) is 2.25. The third-order valence-electron chi connectivity index (χ3n) is 3.41. The summed E-state index contributed by atoms with van der Waals surface area (Å²) >= 11 is 0. The molecule has 1 aromatic rings. The number of carbonyl (C=O) groups is 2. The smallest absolute Gasteiger partial charge is 0.235 e. The molecule has 1 saturated heterocycles. The van der Waals surface area contributed by atoms with Crippen molar-refractivity contribution in [2.45, 2.75) is 26.8 Å². The largest absolute Gasteiger partial charge is 0.384 e. The Balaban J connectivity index is 2.21. The fourth-order valence-electron chi connectivity index (χ4n) is 2.25. The Hall–Kier alpha value is -2.19. The molecule has 1 aliphatic rings. The maximum Gasteiger partial charge on any atom is 0.235 e. The standard InChI is InChI=1S/C16H16FNO3/c1-16(2)9-14(20)18(15(16)21)10-12-6-5-11(4-3-7-19)8-13(12)17/h5-6,8,19H,7,9-10H2,1-2H3. The van der Waals surface area contributed by atoms with Gasteiger partial charge in [-0.05, 0) is 12.1 Å². The fraction of sp³-hybridized carbons (Fsp3) is 0.375. The Morgan fingerprint density at radius 2 is 2.10 bits per heavy atom. The molecule has 1 heterocycles. The van der Waals surface area contributed by atoms with Crippen molar-refractivity contribution >= 4 is 11.8 Å². The summed E-state index contributed by atoms with van der Waals surface area (Å²) in [6.07, 6.45) is 0.146. The lowest BCUT2D eigenvalue weighted by Gasteiger charge is -2.18. The zero-order valence-corrected chi connectivity index (χ0v) is 11.9. The van der Waals surface area contributed by atoms with E-state index in [2.05, 4.69) is 11.8 Å². The number of imide groups is 1. The van der Waals surface area contributed by atoms with Gasteiger partial charge in [-0.2, -0.15) is 0 Å². The lowest BCUT2D eigenvalue weighted by atomic mass is 9.92. The van der Waals surface area contributed by atoms with Crippen molar-refractivity contribution in [2.24, 2.45) is 5.41 Å². The molecule has 1 N–H and O–H groups in total. The van der Waals surface area contributed by atoms with Gasteiger partial charge >= 0.3 is 0 Å². The highest BCUT2D eigenvalue weighted by Gasteiger charge is 2.44. The molecule has 110 valence electrons. The number of benzene rings is 1. The predicted molar refractivity (Wildman–Crippen MR) is 74.3 cm³/mol. The Morgan fingerprint density at radius 1 is 1.38 bits per heavy atom. The highest BCUT2D eigenvalue weighted by molar-refractivity contribution is 6.05. The van der Waals surface area contributed by atoms with Crippen LogP contribution in [0.1, 0.15) is 31.4 Å². The molecule has 0 aliphatic carbocycles. The Labute approximate surface area is 122 Å². The topological polar surface area (TPSA) is 57.6 Å². The molecule has 1 fully saturated rings. The van der Waals surface area contributed by atoms with Crippen molar-refractivity contribution in [1.29, 1.82) is 0 Å². The summed E-state index contributed by atoms with van der Waals surface area (Å²) in [4.78, 5) is 25.0. The molecule has 21 heavy (non-hydrogen) atoms. The van der Waals surface area contributed by atoms with Crippen molar-refractivity contribution in [2.75, 3.05) is 6.61 Å². The molecule has 1 aliphatic heterocycles. The van der Waals surface area contributed by atoms with E-state index in [1.165, 1.54) is 12.1 Å². The number of hydrogen-bond acceptors (Lipinski definition) is 3. The van der Waals surface area contributed by atoms with Crippen LogP contribution in [0.15, 0.2) is 18.2 Å². The van der Waals surface area contributed by atoms with Gasteiger partial charge in [0.15, 0.2) is 0 Å². The first-order valence-corrected chi connectivity index (χ1v) is 6.58. The molecule has 0 saturated carbocycles. The van der Waals surface area contributed by atoms with Gasteiger partial charge in [0.2, 0.25) is 11.8 Å². The Kier molecular flexibility index (Phi) is 4.10. The van der Waals surface area contributed by atoms with Crippen molar-refractivity contribution in [1.82, 2.24) is 4.90 Å². The zero-order valence-electron chi connectivity index (χ0n) is 11.9. The number of carbonyl (C=O) groups excluding carboxylic acids is 2. The van der Waals surface area contributed by atoms with Crippen LogP contribution < -0.4 is 0 Å². The number of rotatable bonds is 2. The van der Waals surface area contributed by atoms with Crippen LogP contribution in [0.5, 0.6) is 0 Å². The summed E-state index contributed by atoms with van der Waals surface area (Å²) in [7, 11) is 0. The zero-order chi connectivity index (χ0) is 15.6. The molecule has 4 nitrogen and oxygen atoms in total. The lowest BCUT2D eigenvalue weighted by molar-refractivity contribution is -0.141. The number of likely N-dealkylation sites (tertiary alicyclic amines) is 1. The predicted octanol–water partition coefficient (Wildman–Crippen LogP) is 1.45. The first kappa shape index (κ1) is 15.2. The van der Waals surface area contributed by atoms with Gasteiger partial charge in [0.25, 0.3) is 0 Å². The molecular weight excluding hydrogens is 273 g/mol. The van der Waals surface area contributed by atoms with Gasteiger partial charge in [-0.3, -0.25) is 14.5 Å². The van der Waals surface area contributed by atoms with Gasteiger partial charge in [0.05, 0.1) is 12.0 Å². The van der Waals surface area contributed by atoms with Crippen LogP contribution in [-0.2, 0) is 16.1 Å². The number of amides is 2. The van der Waals surface area contributed by atoms with E-state index in [0.717, 1.165) is 4.90 Å². The quantitative estimate of drug-likeness (QED) is 0.662. The van der Waals surface area contributed by atoms with Crippen molar-refractivity contribution in [3.8, 4) is 11.8 Å². The van der Waals surface area contributed by atoms with Crippen LogP contribution in [-0.4, -0.2) is 28.4 Å². The molecule has 1 aromatic carbocycles. The van der Waals surface area contributed by atoms with E-state index in [1.54, 1.807) is 19.9 Å². The van der Waals surface area contributed by atoms with Gasteiger partial charge in [0, 0.05) is 17.5 Å². The van der Waals surface area contributed by atoms with Gasteiger partial charge in [-0.15, -0.1) is 0 Å². The molecule has 0 unspecified atom stereocenters. The second kappa shape index (κ2) is 5.66. The molecule has 5 heteroatoms. The molecule has 2 amide bonds. The van der Waals surface area contributed by atoms with Crippen LogP contribution in [0.25, 0.3) is 0 Å². The summed E-state index contributed by atoms with van der Waals surface area (Å²) in [6.45, 7) is 3.05. The minimum Gasteiger partial charge on any atom is -0.384 e. The summed E-state index contributed by atoms with van der Waals surface area (Å²) in [5, 5.41) is 8.60. The van der Waals surface area contributed by atoms with Crippen molar-refractivity contribution in [3.63, 3.8) is 0 Å². The summed E-state index contributed by atoms with van der Waals surface area (Å²) in [5.74, 6) is 3.94. The average Bonchev–Trinajstić information content (AvgIpc) is 2.61. The van der Waals surface area contributed by atoms with E-state index in [4.69, 9.17) is 5.11 Å². The maximum atomic E-state index is 14.0. The molecule has 0 atom stereocenters. The number of hydrogen-bond donors (Lipinski definition) is 1. The first-order chi connectivity index (χ1) is 9.85. The van der Waals surface area contributed by atoms with E-state index >= 15 is 0 Å². The van der Waals surface area contributed by atoms with E-state index in [0.29, 0.717) is 5.56 Å². The second-order valence-electron chi connectivity index (χ2n) is 5.61. The van der Waals surface area contributed by atoms with Gasteiger partial charge in [0.1, 0.15) is 12.4 Å². The second-order valence-corrected chi connectivity index (χ2v) is 5.61. The minimum absolute atomic E-state index is 0.0688. The van der Waals surface area contributed by atoms with E-state index in [1.807, 2.05) is 0 Å². The number of nitrogens with zero attached hydrogens (tertiary/aromatic N) is 1. The molecule has 0 aromatic heterocycles. The van der Waals surface area contributed by atoms with Gasteiger partial charge < -0.3 is 5.11 Å². The third kappa shape index (κ3) is 3.11. The molecule has 0 bridgehead atoms. The van der Waals surface area contributed by atoms with E-state index in [-0.39, 0.29) is 37.0 Å². The number of aliphatic hydroxyl groups excluding tert-OH is 1. The third-order valence-corrected chi connectivity index (χ3v) is 3.41. The van der Waals surface area contributed by atoms with Crippen molar-refractivity contribution in [3.05, 3.63) is 35.1 Å². The maximum absolute atomic E-state index is 14.0. The van der Waals surface area contributed by atoms with Crippen LogP contribution in [0, 0.1) is 23.1 Å². The summed E-state index contributed by atoms with van der Waals surface area (Å²) in [6, 6.07) is 4.33. The summed E-state index contributed by atoms with van der Waals surface area (Å²) in [5.41, 5.74) is -0.0197. The molecular formula is C16H16FNO3. The normalized spacial score (nSPS) is 16.9. The lowest BCUT2D eigenvalue weighted by Crippen LogP contribution is -2.32. The molecule has 2 rings (SSSR count). The van der Waals surface area contributed by atoms with E-state index in [9.17, 15) is 14.0 Å². The highest BCUT2D eigenvalue weighted by Crippen LogP contribution is 2.32. The summed E-state index contributed by atoms with van der Waals surface area (Å²) < 4.78 is 14.0. The Bertz CT molecular complexity index is 655.